The van der Waals surface area contributed by atoms with Crippen LogP contribution in [0.2, 0.25) is 5.02 Å². The summed E-state index contributed by atoms with van der Waals surface area (Å²) in [5.74, 6) is -0.0694. The number of benzene rings is 3. The molecule has 0 radical (unpaired) electrons. The topological polar surface area (TPSA) is 75.7 Å². The van der Waals surface area contributed by atoms with E-state index in [2.05, 4.69) is 5.32 Å². The van der Waals surface area contributed by atoms with E-state index < -0.39 is 15.9 Å². The highest BCUT2D eigenvalue weighted by atomic mass is 35.5. The molecule has 3 aromatic rings. The van der Waals surface area contributed by atoms with Gasteiger partial charge in [0.2, 0.25) is 15.9 Å². The number of ether oxygens (including phenoxy) is 1. The molecule has 0 atom stereocenters. The van der Waals surface area contributed by atoms with Crippen LogP contribution in [0.4, 0.5) is 5.69 Å². The highest BCUT2D eigenvalue weighted by molar-refractivity contribution is 7.89. The average Bonchev–Trinajstić information content (AvgIpc) is 2.76. The Bertz CT molecular complexity index is 1210. The second-order valence-corrected chi connectivity index (χ2v) is 9.75. The van der Waals surface area contributed by atoms with Crippen LogP contribution in [0.5, 0.6) is 5.75 Å². The quantitative estimate of drug-likeness (QED) is 0.511. The molecule has 168 valence electrons. The molecule has 0 spiro atoms. The molecule has 0 aliphatic heterocycles. The Morgan fingerprint density at radius 3 is 2.34 bits per heavy atom. The Hall–Kier alpha value is -2.87. The first kappa shape index (κ1) is 23.8. The van der Waals surface area contributed by atoms with Crippen LogP contribution in [0, 0.1) is 13.8 Å². The molecule has 3 aromatic carbocycles. The first-order chi connectivity index (χ1) is 15.2. The predicted molar refractivity (Wildman–Crippen MR) is 127 cm³/mol. The maximum Gasteiger partial charge on any atom is 0.243 e. The van der Waals surface area contributed by atoms with Gasteiger partial charge in [-0.05, 0) is 60.9 Å². The van der Waals surface area contributed by atoms with Crippen molar-refractivity contribution in [2.75, 3.05) is 19.0 Å². The van der Waals surface area contributed by atoms with Crippen molar-refractivity contribution in [2.24, 2.45) is 0 Å². The molecule has 1 N–H and O–H groups in total. The van der Waals surface area contributed by atoms with E-state index in [9.17, 15) is 13.2 Å². The number of amides is 1. The van der Waals surface area contributed by atoms with Gasteiger partial charge in [-0.2, -0.15) is 4.31 Å². The van der Waals surface area contributed by atoms with Crippen LogP contribution >= 0.6 is 11.6 Å². The zero-order valence-electron chi connectivity index (χ0n) is 18.1. The minimum Gasteiger partial charge on any atom is -0.495 e. The fourth-order valence-electron chi connectivity index (χ4n) is 3.15. The van der Waals surface area contributed by atoms with Crippen molar-refractivity contribution in [3.8, 4) is 5.75 Å². The third kappa shape index (κ3) is 5.68. The lowest BCUT2D eigenvalue weighted by Gasteiger charge is -2.22. The molecule has 0 bridgehead atoms. The van der Waals surface area contributed by atoms with Gasteiger partial charge in [0.15, 0.2) is 0 Å². The van der Waals surface area contributed by atoms with Crippen LogP contribution in [-0.2, 0) is 21.4 Å². The number of carbonyl (C=O) groups excluding carboxylic acids is 1. The molecule has 1 amide bonds. The molecule has 3 rings (SSSR count). The average molecular weight is 473 g/mol. The van der Waals surface area contributed by atoms with E-state index in [4.69, 9.17) is 16.3 Å². The van der Waals surface area contributed by atoms with Gasteiger partial charge in [0.1, 0.15) is 5.75 Å². The monoisotopic (exact) mass is 472 g/mol. The second-order valence-electron chi connectivity index (χ2n) is 7.40. The van der Waals surface area contributed by atoms with E-state index in [1.54, 1.807) is 6.07 Å². The number of halogens is 1. The molecule has 8 heteroatoms. The zero-order chi connectivity index (χ0) is 23.3. The summed E-state index contributed by atoms with van der Waals surface area (Å²) in [6.07, 6.45) is 0. The molecule has 0 saturated carbocycles. The number of methoxy groups -OCH3 is 1. The number of anilines is 1. The van der Waals surface area contributed by atoms with Crippen LogP contribution < -0.4 is 10.1 Å². The molecule has 32 heavy (non-hydrogen) atoms. The van der Waals surface area contributed by atoms with Gasteiger partial charge < -0.3 is 10.1 Å². The standard InChI is InChI=1S/C24H25ClN2O4S/c1-17-9-10-20(13-18(17)2)26-24(28)16-27(15-19-7-5-4-6-8-19)32(29,30)21-11-12-23(31-3)22(25)14-21/h4-14H,15-16H2,1-3H3,(H,26,28). The summed E-state index contributed by atoms with van der Waals surface area (Å²) in [4.78, 5) is 12.8. The number of rotatable bonds is 8. The van der Waals surface area contributed by atoms with E-state index in [0.29, 0.717) is 11.4 Å². The van der Waals surface area contributed by atoms with Crippen molar-refractivity contribution < 1.29 is 17.9 Å². The Kier molecular flexibility index (Phi) is 7.56. The van der Waals surface area contributed by atoms with Crippen molar-refractivity contribution in [3.05, 3.63) is 88.4 Å². The Morgan fingerprint density at radius 1 is 1.00 bits per heavy atom. The van der Waals surface area contributed by atoms with Crippen LogP contribution in [0.1, 0.15) is 16.7 Å². The van der Waals surface area contributed by atoms with Gasteiger partial charge in [-0.1, -0.05) is 48.0 Å². The van der Waals surface area contributed by atoms with Crippen molar-refractivity contribution in [1.82, 2.24) is 4.31 Å². The predicted octanol–water partition coefficient (Wildman–Crippen LogP) is 4.80. The summed E-state index contributed by atoms with van der Waals surface area (Å²) >= 11 is 6.15. The number of carbonyl (C=O) groups is 1. The summed E-state index contributed by atoms with van der Waals surface area (Å²) in [5, 5.41) is 2.96. The largest absolute Gasteiger partial charge is 0.495 e. The van der Waals surface area contributed by atoms with E-state index in [1.165, 1.54) is 25.3 Å². The van der Waals surface area contributed by atoms with Crippen LogP contribution in [0.25, 0.3) is 0 Å². The molecule has 0 unspecified atom stereocenters. The van der Waals surface area contributed by atoms with E-state index in [0.717, 1.165) is 21.0 Å². The van der Waals surface area contributed by atoms with Crippen molar-refractivity contribution >= 4 is 33.2 Å². The highest BCUT2D eigenvalue weighted by Crippen LogP contribution is 2.29. The third-order valence-corrected chi connectivity index (χ3v) is 7.16. The molecule has 0 aliphatic rings. The van der Waals surface area contributed by atoms with Crippen molar-refractivity contribution in [1.29, 1.82) is 0 Å². The Morgan fingerprint density at radius 2 is 1.72 bits per heavy atom. The van der Waals surface area contributed by atoms with Gasteiger partial charge in [0.05, 0.1) is 23.6 Å². The van der Waals surface area contributed by atoms with Crippen molar-refractivity contribution in [3.63, 3.8) is 0 Å². The lowest BCUT2D eigenvalue weighted by molar-refractivity contribution is -0.116. The first-order valence-corrected chi connectivity index (χ1v) is 11.8. The van der Waals surface area contributed by atoms with E-state index >= 15 is 0 Å². The molecular formula is C24H25ClN2O4S. The normalized spacial score (nSPS) is 11.4. The summed E-state index contributed by atoms with van der Waals surface area (Å²) in [5.41, 5.74) is 3.51. The lowest BCUT2D eigenvalue weighted by Crippen LogP contribution is -2.37. The maximum atomic E-state index is 13.4. The third-order valence-electron chi connectivity index (χ3n) is 5.07. The molecule has 0 fully saturated rings. The molecule has 0 heterocycles. The summed E-state index contributed by atoms with van der Waals surface area (Å²) in [7, 11) is -2.56. The number of hydrogen-bond acceptors (Lipinski definition) is 4. The smallest absolute Gasteiger partial charge is 0.243 e. The lowest BCUT2D eigenvalue weighted by atomic mass is 10.1. The van der Waals surface area contributed by atoms with E-state index in [1.807, 2.05) is 56.3 Å². The van der Waals surface area contributed by atoms with E-state index in [-0.39, 0.29) is 23.0 Å². The molecule has 0 aromatic heterocycles. The van der Waals surface area contributed by atoms with Gasteiger partial charge in [-0.25, -0.2) is 8.42 Å². The minimum absolute atomic E-state index is 0.0155. The van der Waals surface area contributed by atoms with Crippen LogP contribution in [0.15, 0.2) is 71.6 Å². The fraction of sp³-hybridized carbons (Fsp3) is 0.208. The van der Waals surface area contributed by atoms with Gasteiger partial charge >= 0.3 is 0 Å². The molecule has 6 nitrogen and oxygen atoms in total. The minimum atomic E-state index is -4.02. The first-order valence-electron chi connectivity index (χ1n) is 9.95. The highest BCUT2D eigenvalue weighted by Gasteiger charge is 2.28. The molecule has 0 aliphatic carbocycles. The summed E-state index contributed by atoms with van der Waals surface area (Å²) < 4.78 is 33.1. The number of nitrogens with zero attached hydrogens (tertiary/aromatic N) is 1. The summed E-state index contributed by atoms with van der Waals surface area (Å²) in [6.45, 7) is 3.61. The number of hydrogen-bond donors (Lipinski definition) is 1. The molecule has 0 saturated heterocycles. The van der Waals surface area contributed by atoms with Gasteiger partial charge in [0.25, 0.3) is 0 Å². The number of sulfonamides is 1. The Labute approximate surface area is 193 Å². The second kappa shape index (κ2) is 10.2. The van der Waals surface area contributed by atoms with Crippen molar-refractivity contribution in [2.45, 2.75) is 25.3 Å². The van der Waals surface area contributed by atoms with Gasteiger partial charge in [-0.15, -0.1) is 0 Å². The Balaban J connectivity index is 1.89. The van der Waals surface area contributed by atoms with Crippen LogP contribution in [-0.4, -0.2) is 32.3 Å². The number of aryl methyl sites for hydroxylation is 2. The number of nitrogens with one attached hydrogen (secondary N) is 1. The fourth-order valence-corrected chi connectivity index (χ4v) is 4.88. The zero-order valence-corrected chi connectivity index (χ0v) is 19.7. The summed E-state index contributed by atoms with van der Waals surface area (Å²) in [6, 6.07) is 18.9. The van der Waals surface area contributed by atoms with Gasteiger partial charge in [-0.3, -0.25) is 4.79 Å². The maximum absolute atomic E-state index is 13.4. The molecular weight excluding hydrogens is 448 g/mol. The van der Waals surface area contributed by atoms with Crippen LogP contribution in [0.3, 0.4) is 0 Å². The van der Waals surface area contributed by atoms with Gasteiger partial charge in [0, 0.05) is 12.2 Å². The SMILES string of the molecule is COc1ccc(S(=O)(=O)N(CC(=O)Nc2ccc(C)c(C)c2)Cc2ccccc2)cc1Cl.